The molecule has 32 heavy (non-hydrogen) atoms. The lowest BCUT2D eigenvalue weighted by molar-refractivity contribution is 0.0950. The van der Waals surface area contributed by atoms with E-state index in [2.05, 4.69) is 14.9 Å². The second-order valence-corrected chi connectivity index (χ2v) is 7.27. The fourth-order valence-corrected chi connectivity index (χ4v) is 3.72. The van der Waals surface area contributed by atoms with Gasteiger partial charge in [-0.2, -0.15) is 0 Å². The maximum absolute atomic E-state index is 13.1. The predicted molar refractivity (Wildman–Crippen MR) is 124 cm³/mol. The van der Waals surface area contributed by atoms with Gasteiger partial charge in [-0.15, -0.1) is 0 Å². The Hall–Kier alpha value is -4.06. The third kappa shape index (κ3) is 4.21. The number of amides is 1. The van der Waals surface area contributed by atoms with Crippen LogP contribution >= 0.6 is 0 Å². The van der Waals surface area contributed by atoms with Crippen molar-refractivity contribution < 1.29 is 14.3 Å². The normalized spacial score (nSPS) is 10.6. The highest BCUT2D eigenvalue weighted by Gasteiger charge is 2.20. The van der Waals surface area contributed by atoms with Crippen LogP contribution in [0.2, 0.25) is 0 Å². The van der Waals surface area contributed by atoms with Gasteiger partial charge >= 0.3 is 0 Å². The van der Waals surface area contributed by atoms with E-state index >= 15 is 0 Å². The van der Waals surface area contributed by atoms with Gasteiger partial charge in [0, 0.05) is 23.6 Å². The van der Waals surface area contributed by atoms with Crippen molar-refractivity contribution in [1.82, 2.24) is 14.9 Å². The Morgan fingerprint density at radius 1 is 0.938 bits per heavy atom. The first kappa shape index (κ1) is 21.2. The first-order chi connectivity index (χ1) is 15.6. The van der Waals surface area contributed by atoms with Crippen molar-refractivity contribution >= 4 is 5.91 Å². The average molecular weight is 428 g/mol. The molecule has 1 amide bonds. The monoisotopic (exact) mass is 427 g/mol. The van der Waals surface area contributed by atoms with Gasteiger partial charge in [-0.3, -0.25) is 9.78 Å². The minimum absolute atomic E-state index is 0.149. The highest BCUT2D eigenvalue weighted by Crippen LogP contribution is 2.34. The number of aromatic nitrogens is 2. The Morgan fingerprint density at radius 3 is 2.38 bits per heavy atom. The van der Waals surface area contributed by atoms with Crippen molar-refractivity contribution in [2.24, 2.45) is 0 Å². The fraction of sp³-hybridized carbons (Fsp3) is 0.154. The minimum Gasteiger partial charge on any atom is -0.493 e. The molecule has 0 spiro atoms. The molecule has 0 unspecified atom stereocenters. The number of hydrogen-bond acceptors (Lipinski definition) is 4. The molecule has 0 aliphatic heterocycles. The van der Waals surface area contributed by atoms with E-state index in [0.29, 0.717) is 23.6 Å². The van der Waals surface area contributed by atoms with Crippen LogP contribution in [-0.4, -0.2) is 29.7 Å². The Labute approximate surface area is 187 Å². The summed E-state index contributed by atoms with van der Waals surface area (Å²) in [5.41, 5.74) is 5.04. The summed E-state index contributed by atoms with van der Waals surface area (Å²) < 4.78 is 12.9. The lowest BCUT2D eigenvalue weighted by atomic mass is 10.1. The molecule has 6 heteroatoms. The summed E-state index contributed by atoms with van der Waals surface area (Å²) >= 11 is 0. The van der Waals surface area contributed by atoms with Crippen molar-refractivity contribution in [2.45, 2.75) is 13.5 Å². The zero-order valence-corrected chi connectivity index (χ0v) is 18.3. The van der Waals surface area contributed by atoms with Gasteiger partial charge in [-0.05, 0) is 42.8 Å². The molecule has 0 bridgehead atoms. The van der Waals surface area contributed by atoms with Gasteiger partial charge in [-0.1, -0.05) is 36.4 Å². The largest absolute Gasteiger partial charge is 0.493 e. The molecule has 1 N–H and O–H groups in total. The molecule has 0 radical (unpaired) electrons. The van der Waals surface area contributed by atoms with E-state index in [-0.39, 0.29) is 5.91 Å². The van der Waals surface area contributed by atoms with Crippen LogP contribution in [0.1, 0.15) is 21.7 Å². The summed E-state index contributed by atoms with van der Waals surface area (Å²) in [6, 6.07) is 23.3. The van der Waals surface area contributed by atoms with E-state index in [9.17, 15) is 4.79 Å². The molecule has 2 aromatic carbocycles. The number of methoxy groups -OCH3 is 2. The number of nitrogens with one attached hydrogen (secondary N) is 1. The first-order valence-electron chi connectivity index (χ1n) is 10.3. The molecule has 0 aliphatic rings. The zero-order valence-electron chi connectivity index (χ0n) is 18.3. The summed E-state index contributed by atoms with van der Waals surface area (Å²) in [7, 11) is 3.22. The Balaban J connectivity index is 1.77. The maximum Gasteiger partial charge on any atom is 0.253 e. The van der Waals surface area contributed by atoms with Crippen molar-refractivity contribution in [3.05, 3.63) is 95.9 Å². The van der Waals surface area contributed by atoms with Gasteiger partial charge in [0.05, 0.1) is 37.7 Å². The Morgan fingerprint density at radius 2 is 1.69 bits per heavy atom. The van der Waals surface area contributed by atoms with Gasteiger partial charge in [0.1, 0.15) is 0 Å². The fourth-order valence-electron chi connectivity index (χ4n) is 3.72. The van der Waals surface area contributed by atoms with E-state index in [1.54, 1.807) is 20.4 Å². The van der Waals surface area contributed by atoms with Crippen LogP contribution in [0.4, 0.5) is 0 Å². The molecule has 162 valence electrons. The molecular formula is C26H25N3O3. The average Bonchev–Trinajstić information content (AvgIpc) is 3.20. The van der Waals surface area contributed by atoms with E-state index in [4.69, 9.17) is 9.47 Å². The Kier molecular flexibility index (Phi) is 6.22. The highest BCUT2D eigenvalue weighted by atomic mass is 16.5. The number of pyridine rings is 1. The number of nitrogens with zero attached hydrogens (tertiary/aromatic N) is 2. The molecule has 4 rings (SSSR count). The van der Waals surface area contributed by atoms with Crippen LogP contribution < -0.4 is 14.8 Å². The lowest BCUT2D eigenvalue weighted by Crippen LogP contribution is -2.23. The second-order valence-electron chi connectivity index (χ2n) is 7.27. The molecule has 4 aromatic rings. The molecule has 0 fully saturated rings. The molecule has 2 heterocycles. The summed E-state index contributed by atoms with van der Waals surface area (Å²) in [4.78, 5) is 17.4. The predicted octanol–water partition coefficient (Wildman–Crippen LogP) is 4.79. The summed E-state index contributed by atoms with van der Waals surface area (Å²) in [6.07, 6.45) is 1.72. The molecule has 2 aromatic heterocycles. The highest BCUT2D eigenvalue weighted by molar-refractivity contribution is 5.97. The topological polar surface area (TPSA) is 65.4 Å². The van der Waals surface area contributed by atoms with Crippen molar-refractivity contribution in [3.63, 3.8) is 0 Å². The van der Waals surface area contributed by atoms with Crippen molar-refractivity contribution in [2.75, 3.05) is 14.2 Å². The van der Waals surface area contributed by atoms with Gasteiger partial charge in [0.2, 0.25) is 0 Å². The molecule has 6 nitrogen and oxygen atoms in total. The van der Waals surface area contributed by atoms with E-state index < -0.39 is 0 Å². The van der Waals surface area contributed by atoms with Crippen LogP contribution in [0, 0.1) is 6.92 Å². The third-order valence-corrected chi connectivity index (χ3v) is 5.34. The number of carbonyl (C=O) groups excluding carboxylic acids is 1. The van der Waals surface area contributed by atoms with E-state index in [0.717, 1.165) is 28.3 Å². The maximum atomic E-state index is 13.1. The van der Waals surface area contributed by atoms with Crippen LogP contribution in [-0.2, 0) is 6.54 Å². The third-order valence-electron chi connectivity index (χ3n) is 5.34. The number of ether oxygens (including phenoxy) is 2. The summed E-state index contributed by atoms with van der Waals surface area (Å²) in [5.74, 6) is 1.12. The van der Waals surface area contributed by atoms with Gasteiger partial charge < -0.3 is 19.4 Å². The molecule has 0 saturated heterocycles. The van der Waals surface area contributed by atoms with Crippen LogP contribution in [0.5, 0.6) is 11.5 Å². The SMILES string of the molecule is COc1ccc(-n2c(-c3ccccc3)cc(C(=O)NCc3ccccn3)c2C)cc1OC. The van der Waals surface area contributed by atoms with Crippen LogP contribution in [0.25, 0.3) is 16.9 Å². The molecule has 0 atom stereocenters. The zero-order chi connectivity index (χ0) is 22.5. The van der Waals surface area contributed by atoms with Gasteiger partial charge in [0.25, 0.3) is 5.91 Å². The van der Waals surface area contributed by atoms with Crippen LogP contribution in [0.15, 0.2) is 79.0 Å². The van der Waals surface area contributed by atoms with E-state index in [1.165, 1.54) is 0 Å². The summed E-state index contributed by atoms with van der Waals surface area (Å²) in [6.45, 7) is 2.31. The van der Waals surface area contributed by atoms with Gasteiger partial charge in [-0.25, -0.2) is 0 Å². The molecule has 0 saturated carbocycles. The smallest absolute Gasteiger partial charge is 0.253 e. The number of benzene rings is 2. The molecular weight excluding hydrogens is 402 g/mol. The second kappa shape index (κ2) is 9.39. The first-order valence-corrected chi connectivity index (χ1v) is 10.3. The van der Waals surface area contributed by atoms with Crippen LogP contribution in [0.3, 0.4) is 0 Å². The van der Waals surface area contributed by atoms with E-state index in [1.807, 2.05) is 79.7 Å². The Bertz CT molecular complexity index is 1220. The number of rotatable bonds is 7. The quantitative estimate of drug-likeness (QED) is 0.460. The van der Waals surface area contributed by atoms with Crippen molar-refractivity contribution in [1.29, 1.82) is 0 Å². The minimum atomic E-state index is -0.149. The van der Waals surface area contributed by atoms with Gasteiger partial charge in [0.15, 0.2) is 11.5 Å². The standard InChI is InChI=1S/C26H25N3O3/c1-18-22(26(30)28-17-20-11-7-8-14-27-20)16-23(19-9-5-4-6-10-19)29(18)21-12-13-24(31-2)25(15-21)32-3/h4-16H,17H2,1-3H3,(H,28,30). The van der Waals surface area contributed by atoms with Crippen molar-refractivity contribution in [3.8, 4) is 28.4 Å². The lowest BCUT2D eigenvalue weighted by Gasteiger charge is -2.15. The number of hydrogen-bond donors (Lipinski definition) is 1. The molecule has 0 aliphatic carbocycles. The number of carbonyl (C=O) groups is 1. The summed E-state index contributed by atoms with van der Waals surface area (Å²) in [5, 5.41) is 2.98.